The van der Waals surface area contributed by atoms with Gasteiger partial charge >= 0.3 is 0 Å². The normalized spacial score (nSPS) is 10.6. The minimum absolute atomic E-state index is 0.0116. The highest BCUT2D eigenvalue weighted by Gasteiger charge is 2.17. The van der Waals surface area contributed by atoms with E-state index in [9.17, 15) is 13.6 Å². The van der Waals surface area contributed by atoms with Crippen molar-refractivity contribution >= 4 is 22.2 Å². The molecule has 0 aliphatic carbocycles. The zero-order chi connectivity index (χ0) is 10.7. The minimum atomic E-state index is -2.71. The van der Waals surface area contributed by atoms with Crippen LogP contribution in [0.5, 0.6) is 0 Å². The van der Waals surface area contributed by atoms with Crippen molar-refractivity contribution < 1.29 is 13.6 Å². The van der Waals surface area contributed by atoms with Gasteiger partial charge in [0.2, 0.25) is 0 Å². The molecule has 0 unspecified atom stereocenters. The van der Waals surface area contributed by atoms with Crippen LogP contribution in [-0.4, -0.2) is 11.3 Å². The number of rotatable bonds is 3. The lowest BCUT2D eigenvalue weighted by molar-refractivity contribution is 0.110. The van der Waals surface area contributed by atoms with Gasteiger partial charge in [0.25, 0.3) is 6.43 Å². The van der Waals surface area contributed by atoms with E-state index in [1.54, 1.807) is 13.0 Å². The number of hydrogen-bond donors (Lipinski definition) is 0. The van der Waals surface area contributed by atoms with Gasteiger partial charge in [0.15, 0.2) is 6.29 Å². The fourth-order valence-electron chi connectivity index (χ4n) is 1.19. The first-order chi connectivity index (χ1) is 6.60. The molecular weight excluding hydrogens is 256 g/mol. The second-order valence-electron chi connectivity index (χ2n) is 2.77. The summed E-state index contributed by atoms with van der Waals surface area (Å²) in [5.41, 5.74) is 0.583. The zero-order valence-corrected chi connectivity index (χ0v) is 9.01. The maximum Gasteiger partial charge on any atom is 0.281 e. The summed E-state index contributed by atoms with van der Waals surface area (Å²) in [6.45, 7) is 1.62. The van der Waals surface area contributed by atoms with Gasteiger partial charge in [-0.1, -0.05) is 15.9 Å². The summed E-state index contributed by atoms with van der Waals surface area (Å²) in [7, 11) is 0. The maximum absolute atomic E-state index is 12.5. The number of aryl methyl sites for hydroxylation is 1. The smallest absolute Gasteiger partial charge is 0.281 e. The van der Waals surface area contributed by atoms with Gasteiger partial charge < -0.3 is 0 Å². The van der Waals surface area contributed by atoms with Gasteiger partial charge in [-0.15, -0.1) is 0 Å². The Labute approximate surface area is 88.5 Å². The van der Waals surface area contributed by atoms with Gasteiger partial charge in [-0.3, -0.25) is 9.78 Å². The fraction of sp³-hybridized carbons (Fsp3) is 0.333. The van der Waals surface area contributed by atoms with E-state index in [1.807, 2.05) is 0 Å². The van der Waals surface area contributed by atoms with E-state index in [-0.39, 0.29) is 5.56 Å². The summed E-state index contributed by atoms with van der Waals surface area (Å²) in [5.74, 6) is 0. The van der Waals surface area contributed by atoms with Crippen molar-refractivity contribution in [2.75, 3.05) is 0 Å². The molecule has 0 atom stereocenters. The molecule has 1 aromatic rings. The van der Waals surface area contributed by atoms with Gasteiger partial charge in [-0.2, -0.15) is 0 Å². The Kier molecular flexibility index (Phi) is 3.69. The van der Waals surface area contributed by atoms with Crippen LogP contribution in [0, 0.1) is 6.92 Å². The number of hydrogen-bond acceptors (Lipinski definition) is 2. The summed E-state index contributed by atoms with van der Waals surface area (Å²) in [6.07, 6.45) is -2.29. The van der Waals surface area contributed by atoms with Crippen molar-refractivity contribution in [1.29, 1.82) is 0 Å². The number of pyridine rings is 1. The molecule has 0 saturated carbocycles. The van der Waals surface area contributed by atoms with Crippen molar-refractivity contribution in [2.24, 2.45) is 0 Å². The van der Waals surface area contributed by atoms with Crippen LogP contribution in [0.25, 0.3) is 0 Å². The number of carbonyl (C=O) groups excluding carboxylic acids is 1. The third-order valence-electron chi connectivity index (χ3n) is 1.77. The molecule has 0 aromatic carbocycles. The maximum atomic E-state index is 12.5. The average Bonchev–Trinajstić information content (AvgIpc) is 2.16. The molecule has 0 N–H and O–H groups in total. The van der Waals surface area contributed by atoms with E-state index in [0.717, 1.165) is 0 Å². The van der Waals surface area contributed by atoms with Crippen molar-refractivity contribution in [3.05, 3.63) is 28.6 Å². The Morgan fingerprint density at radius 3 is 2.71 bits per heavy atom. The number of nitrogens with zero attached hydrogens (tertiary/aromatic N) is 1. The predicted octanol–water partition coefficient (Wildman–Crippen LogP) is 3.04. The van der Waals surface area contributed by atoms with Gasteiger partial charge in [0.1, 0.15) is 5.69 Å². The number of aromatic nitrogens is 1. The standard InChI is InChI=1S/C9H8BrF2NO/c1-5-2-6(3-10)7(4-14)8(13-5)9(11)12/h2,4,9H,3H2,1H3. The van der Waals surface area contributed by atoms with Crippen molar-refractivity contribution in [1.82, 2.24) is 4.98 Å². The third kappa shape index (κ3) is 2.15. The molecule has 0 fully saturated rings. The Morgan fingerprint density at radius 2 is 2.29 bits per heavy atom. The van der Waals surface area contributed by atoms with Crippen molar-refractivity contribution in [2.45, 2.75) is 18.7 Å². The van der Waals surface area contributed by atoms with Crippen LogP contribution < -0.4 is 0 Å². The SMILES string of the molecule is Cc1cc(CBr)c(C=O)c(C(F)F)n1. The van der Waals surface area contributed by atoms with Crippen LogP contribution in [-0.2, 0) is 5.33 Å². The minimum Gasteiger partial charge on any atom is -0.298 e. The highest BCUT2D eigenvalue weighted by atomic mass is 79.9. The Hall–Kier alpha value is -0.840. The van der Waals surface area contributed by atoms with E-state index in [0.29, 0.717) is 22.9 Å². The molecule has 2 nitrogen and oxygen atoms in total. The van der Waals surface area contributed by atoms with E-state index < -0.39 is 12.1 Å². The summed E-state index contributed by atoms with van der Waals surface area (Å²) >= 11 is 3.14. The lowest BCUT2D eigenvalue weighted by Crippen LogP contribution is -2.03. The first-order valence-corrected chi connectivity index (χ1v) is 5.02. The van der Waals surface area contributed by atoms with Crippen LogP contribution in [0.4, 0.5) is 8.78 Å². The fourth-order valence-corrected chi connectivity index (χ4v) is 1.65. The third-order valence-corrected chi connectivity index (χ3v) is 2.37. The van der Waals surface area contributed by atoms with E-state index >= 15 is 0 Å². The van der Waals surface area contributed by atoms with Crippen molar-refractivity contribution in [3.63, 3.8) is 0 Å². The summed E-state index contributed by atoms with van der Waals surface area (Å²) in [4.78, 5) is 14.3. The average molecular weight is 264 g/mol. The molecule has 0 radical (unpaired) electrons. The van der Waals surface area contributed by atoms with Crippen LogP contribution in [0.1, 0.15) is 33.7 Å². The molecule has 14 heavy (non-hydrogen) atoms. The number of halogens is 3. The van der Waals surface area contributed by atoms with E-state index in [1.165, 1.54) is 0 Å². The van der Waals surface area contributed by atoms with E-state index in [4.69, 9.17) is 0 Å². The van der Waals surface area contributed by atoms with Crippen LogP contribution in [0.15, 0.2) is 6.07 Å². The highest BCUT2D eigenvalue weighted by Crippen LogP contribution is 2.24. The molecule has 0 amide bonds. The summed E-state index contributed by atoms with van der Waals surface area (Å²) < 4.78 is 24.9. The molecule has 1 rings (SSSR count). The first kappa shape index (κ1) is 11.2. The lowest BCUT2D eigenvalue weighted by Gasteiger charge is -2.08. The molecule has 0 bridgehead atoms. The molecule has 76 valence electrons. The van der Waals surface area contributed by atoms with Gasteiger partial charge in [-0.25, -0.2) is 8.78 Å². The second-order valence-corrected chi connectivity index (χ2v) is 3.33. The van der Waals surface area contributed by atoms with Crippen LogP contribution in [0.3, 0.4) is 0 Å². The Bertz CT molecular complexity index is 355. The molecule has 0 aliphatic heterocycles. The largest absolute Gasteiger partial charge is 0.298 e. The topological polar surface area (TPSA) is 30.0 Å². The Morgan fingerprint density at radius 1 is 1.64 bits per heavy atom. The molecule has 0 spiro atoms. The van der Waals surface area contributed by atoms with Crippen LogP contribution in [0.2, 0.25) is 0 Å². The lowest BCUT2D eigenvalue weighted by atomic mass is 10.1. The molecule has 1 heterocycles. The Balaban J connectivity index is 3.39. The van der Waals surface area contributed by atoms with E-state index in [2.05, 4.69) is 20.9 Å². The monoisotopic (exact) mass is 263 g/mol. The zero-order valence-electron chi connectivity index (χ0n) is 7.43. The molecule has 5 heteroatoms. The quantitative estimate of drug-likeness (QED) is 0.620. The van der Waals surface area contributed by atoms with Crippen molar-refractivity contribution in [3.8, 4) is 0 Å². The number of carbonyl (C=O) groups is 1. The van der Waals surface area contributed by atoms with Crippen LogP contribution >= 0.6 is 15.9 Å². The highest BCUT2D eigenvalue weighted by molar-refractivity contribution is 9.08. The molecular formula is C9H8BrF2NO. The first-order valence-electron chi connectivity index (χ1n) is 3.89. The molecule has 1 aromatic heterocycles. The molecule has 0 saturated heterocycles. The summed E-state index contributed by atoms with van der Waals surface area (Å²) in [6, 6.07) is 1.62. The van der Waals surface area contributed by atoms with Gasteiger partial charge in [-0.05, 0) is 18.6 Å². The second kappa shape index (κ2) is 4.59. The molecule has 0 aliphatic rings. The summed E-state index contributed by atoms with van der Waals surface area (Å²) in [5, 5.41) is 0.365. The predicted molar refractivity (Wildman–Crippen MR) is 51.9 cm³/mol. The van der Waals surface area contributed by atoms with Gasteiger partial charge in [0, 0.05) is 16.6 Å². The number of aldehydes is 1. The number of alkyl halides is 3. The van der Waals surface area contributed by atoms with Gasteiger partial charge in [0.05, 0.1) is 0 Å².